The Morgan fingerprint density at radius 2 is 1.42 bits per heavy atom. The Kier molecular flexibility index (Phi) is 6.52. The maximum atomic E-state index is 12.5. The van der Waals surface area contributed by atoms with E-state index in [1.54, 1.807) is 16.4 Å². The highest BCUT2D eigenvalue weighted by atomic mass is 32.2. The minimum Gasteiger partial charge on any atom is -0.207 e. The molecule has 0 bridgehead atoms. The van der Waals surface area contributed by atoms with Crippen LogP contribution in [0.4, 0.5) is 0 Å². The summed E-state index contributed by atoms with van der Waals surface area (Å²) in [7, 11) is -3.32. The van der Waals surface area contributed by atoms with E-state index in [0.29, 0.717) is 18.0 Å². The molecule has 0 spiro atoms. The molecule has 0 unspecified atom stereocenters. The SMILES string of the molecule is CCCc1ccc(S(=O)(=O)N(CCC)CCC)cc1. The zero-order valence-electron chi connectivity index (χ0n) is 12.2. The lowest BCUT2D eigenvalue weighted by Crippen LogP contribution is -2.32. The van der Waals surface area contributed by atoms with Crippen LogP contribution in [0.15, 0.2) is 29.2 Å². The van der Waals surface area contributed by atoms with Gasteiger partial charge < -0.3 is 0 Å². The zero-order valence-corrected chi connectivity index (χ0v) is 13.0. The summed E-state index contributed by atoms with van der Waals surface area (Å²) in [6, 6.07) is 7.32. The first-order valence-electron chi connectivity index (χ1n) is 7.15. The third kappa shape index (κ3) is 4.32. The van der Waals surface area contributed by atoms with Gasteiger partial charge in [0.15, 0.2) is 0 Å². The average Bonchev–Trinajstić information content (AvgIpc) is 2.39. The Labute approximate surface area is 117 Å². The highest BCUT2D eigenvalue weighted by Gasteiger charge is 2.22. The molecule has 1 aromatic carbocycles. The minimum atomic E-state index is -3.32. The van der Waals surface area contributed by atoms with Crippen molar-refractivity contribution in [2.75, 3.05) is 13.1 Å². The summed E-state index contributed by atoms with van der Waals surface area (Å²) >= 11 is 0. The van der Waals surface area contributed by atoms with Crippen molar-refractivity contribution in [1.29, 1.82) is 0 Å². The predicted octanol–water partition coefficient (Wildman–Crippen LogP) is 3.45. The topological polar surface area (TPSA) is 37.4 Å². The van der Waals surface area contributed by atoms with E-state index in [2.05, 4.69) is 6.92 Å². The van der Waals surface area contributed by atoms with Crippen LogP contribution in [0.1, 0.15) is 45.6 Å². The first-order chi connectivity index (χ1) is 9.06. The second kappa shape index (κ2) is 7.65. The molecule has 0 aliphatic carbocycles. The molecule has 0 atom stereocenters. The minimum absolute atomic E-state index is 0.411. The lowest BCUT2D eigenvalue weighted by Gasteiger charge is -2.21. The van der Waals surface area contributed by atoms with Crippen LogP contribution in [-0.4, -0.2) is 25.8 Å². The van der Waals surface area contributed by atoms with Crippen molar-refractivity contribution in [3.05, 3.63) is 29.8 Å². The van der Waals surface area contributed by atoms with E-state index in [-0.39, 0.29) is 0 Å². The van der Waals surface area contributed by atoms with E-state index >= 15 is 0 Å². The molecular formula is C15H25NO2S. The maximum Gasteiger partial charge on any atom is 0.243 e. The van der Waals surface area contributed by atoms with Crippen molar-refractivity contribution in [1.82, 2.24) is 4.31 Å². The van der Waals surface area contributed by atoms with Crippen molar-refractivity contribution >= 4 is 10.0 Å². The molecule has 0 saturated carbocycles. The van der Waals surface area contributed by atoms with Crippen molar-refractivity contribution in [2.45, 2.75) is 51.3 Å². The van der Waals surface area contributed by atoms with Crippen LogP contribution >= 0.6 is 0 Å². The van der Waals surface area contributed by atoms with E-state index in [4.69, 9.17) is 0 Å². The van der Waals surface area contributed by atoms with Crippen molar-refractivity contribution < 1.29 is 8.42 Å². The van der Waals surface area contributed by atoms with Crippen molar-refractivity contribution in [2.24, 2.45) is 0 Å². The van der Waals surface area contributed by atoms with Gasteiger partial charge in [-0.3, -0.25) is 0 Å². The van der Waals surface area contributed by atoms with Gasteiger partial charge in [-0.2, -0.15) is 4.31 Å². The molecule has 0 saturated heterocycles. The van der Waals surface area contributed by atoms with Crippen LogP contribution in [0.5, 0.6) is 0 Å². The molecule has 3 nitrogen and oxygen atoms in total. The summed E-state index contributed by atoms with van der Waals surface area (Å²) in [6.45, 7) is 7.31. The quantitative estimate of drug-likeness (QED) is 0.733. The van der Waals surface area contributed by atoms with Gasteiger partial charge in [-0.05, 0) is 37.0 Å². The molecule has 0 aliphatic rings. The normalized spacial score (nSPS) is 12.0. The molecular weight excluding hydrogens is 258 g/mol. The third-order valence-corrected chi connectivity index (χ3v) is 4.96. The largest absolute Gasteiger partial charge is 0.243 e. The predicted molar refractivity (Wildman–Crippen MR) is 79.8 cm³/mol. The van der Waals surface area contributed by atoms with Gasteiger partial charge in [-0.1, -0.05) is 39.3 Å². The van der Waals surface area contributed by atoms with Crippen molar-refractivity contribution in [3.8, 4) is 0 Å². The molecule has 0 aromatic heterocycles. The van der Waals surface area contributed by atoms with Gasteiger partial charge in [0.1, 0.15) is 0 Å². The highest BCUT2D eigenvalue weighted by molar-refractivity contribution is 7.89. The van der Waals surface area contributed by atoms with Crippen molar-refractivity contribution in [3.63, 3.8) is 0 Å². The summed E-state index contributed by atoms with van der Waals surface area (Å²) in [4.78, 5) is 0.411. The molecule has 0 fully saturated rings. The van der Waals surface area contributed by atoms with Crippen LogP contribution in [0.2, 0.25) is 0 Å². The Morgan fingerprint density at radius 1 is 0.895 bits per heavy atom. The van der Waals surface area contributed by atoms with Gasteiger partial charge in [0.2, 0.25) is 10.0 Å². The van der Waals surface area contributed by atoms with Crippen LogP contribution in [0.25, 0.3) is 0 Å². The number of hydrogen-bond acceptors (Lipinski definition) is 2. The average molecular weight is 283 g/mol. The first kappa shape index (κ1) is 16.2. The van der Waals surface area contributed by atoms with Gasteiger partial charge >= 0.3 is 0 Å². The summed E-state index contributed by atoms with van der Waals surface area (Å²) in [5.41, 5.74) is 1.19. The molecule has 1 aromatic rings. The summed E-state index contributed by atoms with van der Waals surface area (Å²) in [6.07, 6.45) is 3.75. The zero-order chi connectivity index (χ0) is 14.3. The number of hydrogen-bond donors (Lipinski definition) is 0. The Balaban J connectivity index is 2.96. The van der Waals surface area contributed by atoms with Crippen LogP contribution in [0.3, 0.4) is 0 Å². The number of benzene rings is 1. The maximum absolute atomic E-state index is 12.5. The number of rotatable bonds is 8. The smallest absolute Gasteiger partial charge is 0.207 e. The monoisotopic (exact) mass is 283 g/mol. The molecule has 19 heavy (non-hydrogen) atoms. The standard InChI is InChI=1S/C15H25NO2S/c1-4-7-14-8-10-15(11-9-14)19(17,18)16(12-5-2)13-6-3/h8-11H,4-7,12-13H2,1-3H3. The molecule has 0 heterocycles. The molecule has 108 valence electrons. The molecule has 4 heteroatoms. The fraction of sp³-hybridized carbons (Fsp3) is 0.600. The van der Waals surface area contributed by atoms with E-state index < -0.39 is 10.0 Å². The van der Waals surface area contributed by atoms with E-state index in [0.717, 1.165) is 25.7 Å². The fourth-order valence-corrected chi connectivity index (χ4v) is 3.74. The molecule has 1 rings (SSSR count). The number of nitrogens with zero attached hydrogens (tertiary/aromatic N) is 1. The Bertz CT molecular complexity index is 459. The summed E-state index contributed by atoms with van der Waals surface area (Å²) < 4.78 is 26.6. The van der Waals surface area contributed by atoms with Gasteiger partial charge in [0, 0.05) is 13.1 Å². The summed E-state index contributed by atoms with van der Waals surface area (Å²) in [5, 5.41) is 0. The fourth-order valence-electron chi connectivity index (χ4n) is 2.12. The van der Waals surface area contributed by atoms with Gasteiger partial charge in [0.25, 0.3) is 0 Å². The van der Waals surface area contributed by atoms with E-state index in [1.165, 1.54) is 5.56 Å². The second-order valence-electron chi connectivity index (χ2n) is 4.80. The Hall–Kier alpha value is -0.870. The molecule has 0 aliphatic heterocycles. The van der Waals surface area contributed by atoms with E-state index in [1.807, 2.05) is 26.0 Å². The summed E-state index contributed by atoms with van der Waals surface area (Å²) in [5.74, 6) is 0. The van der Waals surface area contributed by atoms with Crippen LogP contribution in [-0.2, 0) is 16.4 Å². The van der Waals surface area contributed by atoms with Gasteiger partial charge in [-0.15, -0.1) is 0 Å². The molecule has 0 amide bonds. The van der Waals surface area contributed by atoms with Gasteiger partial charge in [0.05, 0.1) is 4.90 Å². The lowest BCUT2D eigenvalue weighted by molar-refractivity contribution is 0.410. The highest BCUT2D eigenvalue weighted by Crippen LogP contribution is 2.17. The van der Waals surface area contributed by atoms with Crippen LogP contribution in [0, 0.1) is 0 Å². The third-order valence-electron chi connectivity index (χ3n) is 3.05. The number of aryl methyl sites for hydroxylation is 1. The Morgan fingerprint density at radius 3 is 1.84 bits per heavy atom. The second-order valence-corrected chi connectivity index (χ2v) is 6.74. The molecule has 0 radical (unpaired) electrons. The van der Waals surface area contributed by atoms with Gasteiger partial charge in [-0.25, -0.2) is 8.42 Å². The number of sulfonamides is 1. The van der Waals surface area contributed by atoms with Crippen LogP contribution < -0.4 is 0 Å². The first-order valence-corrected chi connectivity index (χ1v) is 8.59. The molecule has 0 N–H and O–H groups in total. The lowest BCUT2D eigenvalue weighted by atomic mass is 10.1. The van der Waals surface area contributed by atoms with E-state index in [9.17, 15) is 8.42 Å².